The molecule has 0 aliphatic rings. The number of aromatic nitrogens is 1. The molecule has 7 heteroatoms. The minimum atomic E-state index is -0.571. The van der Waals surface area contributed by atoms with Gasteiger partial charge in [0.1, 0.15) is 0 Å². The topological polar surface area (TPSA) is 86.2 Å². The smallest absolute Gasteiger partial charge is 0.347 e. The molecule has 0 radical (unpaired) electrons. The van der Waals surface area contributed by atoms with Gasteiger partial charge in [-0.05, 0) is 24.3 Å². The van der Waals surface area contributed by atoms with Gasteiger partial charge in [0.15, 0.2) is 0 Å². The Hall–Kier alpha value is -2.73. The summed E-state index contributed by atoms with van der Waals surface area (Å²) >= 11 is 5.87. The van der Waals surface area contributed by atoms with Crippen molar-refractivity contribution in [2.24, 2.45) is 0 Å². The predicted octanol–water partition coefficient (Wildman–Crippen LogP) is 3.42. The van der Waals surface area contributed by atoms with E-state index in [1.165, 1.54) is 30.3 Å². The fraction of sp³-hybridized carbons (Fsp3) is 0. The van der Waals surface area contributed by atoms with Gasteiger partial charge in [0.05, 0.1) is 15.8 Å². The summed E-state index contributed by atoms with van der Waals surface area (Å²) < 4.78 is 5.12. The van der Waals surface area contributed by atoms with Gasteiger partial charge in [0, 0.05) is 22.7 Å². The third-order valence-electron chi connectivity index (χ3n) is 2.89. The minimum Gasteiger partial charge on any atom is -0.403 e. The first-order valence-corrected chi connectivity index (χ1v) is 6.27. The molecule has 0 spiro atoms. The monoisotopic (exact) mass is 302 g/mol. The molecule has 0 N–H and O–H groups in total. The number of hydrogen-bond donors (Lipinski definition) is 0. The van der Waals surface area contributed by atoms with E-state index >= 15 is 0 Å². The van der Waals surface area contributed by atoms with Gasteiger partial charge in [0.25, 0.3) is 5.69 Å². The van der Waals surface area contributed by atoms with Crippen molar-refractivity contribution in [2.75, 3.05) is 0 Å². The summed E-state index contributed by atoms with van der Waals surface area (Å²) in [6.45, 7) is 0. The Morgan fingerprint density at radius 3 is 2.76 bits per heavy atom. The summed E-state index contributed by atoms with van der Waals surface area (Å²) in [6, 6.07) is 10.3. The van der Waals surface area contributed by atoms with E-state index in [0.717, 1.165) is 0 Å². The zero-order chi connectivity index (χ0) is 15.0. The summed E-state index contributed by atoms with van der Waals surface area (Å²) in [6.07, 6.45) is 0. The van der Waals surface area contributed by atoms with Gasteiger partial charge in [-0.25, -0.2) is 9.78 Å². The molecule has 2 aromatic carbocycles. The molecule has 6 nitrogen and oxygen atoms in total. The Morgan fingerprint density at radius 2 is 2.00 bits per heavy atom. The lowest BCUT2D eigenvalue weighted by Crippen LogP contribution is -2.03. The lowest BCUT2D eigenvalue weighted by Gasteiger charge is -2.02. The summed E-state index contributed by atoms with van der Waals surface area (Å²) in [7, 11) is 0. The standard InChI is InChI=1S/C14H7ClN2O4/c15-9-4-5-11-12(7-9)16-13(21-14(11)18)8-2-1-3-10(6-8)17(19)20/h1-7H. The van der Waals surface area contributed by atoms with E-state index in [0.29, 0.717) is 21.5 Å². The molecule has 0 aliphatic heterocycles. The van der Waals surface area contributed by atoms with E-state index in [4.69, 9.17) is 16.0 Å². The molecule has 0 amide bonds. The van der Waals surface area contributed by atoms with Crippen LogP contribution in [0.1, 0.15) is 0 Å². The van der Waals surface area contributed by atoms with Crippen molar-refractivity contribution < 1.29 is 9.34 Å². The Balaban J connectivity index is 2.23. The summed E-state index contributed by atoms with van der Waals surface area (Å²) in [4.78, 5) is 26.4. The Kier molecular flexibility index (Phi) is 3.15. The SMILES string of the molecule is O=c1oc(-c2cccc([N+](=O)[O-])c2)nc2cc(Cl)ccc12. The average molecular weight is 303 g/mol. The number of hydrogen-bond acceptors (Lipinski definition) is 5. The van der Waals surface area contributed by atoms with Crippen molar-refractivity contribution in [3.8, 4) is 11.5 Å². The second kappa shape index (κ2) is 4.99. The molecular formula is C14H7ClN2O4. The van der Waals surface area contributed by atoms with Gasteiger partial charge in [-0.15, -0.1) is 0 Å². The maximum Gasteiger partial charge on any atom is 0.347 e. The molecular weight excluding hydrogens is 296 g/mol. The van der Waals surface area contributed by atoms with E-state index < -0.39 is 10.5 Å². The van der Waals surface area contributed by atoms with Crippen LogP contribution in [0.4, 0.5) is 5.69 Å². The maximum absolute atomic E-state index is 11.9. The zero-order valence-corrected chi connectivity index (χ0v) is 11.2. The molecule has 0 bridgehead atoms. The van der Waals surface area contributed by atoms with Gasteiger partial charge in [-0.3, -0.25) is 10.1 Å². The first kappa shape index (κ1) is 13.3. The quantitative estimate of drug-likeness (QED) is 0.535. The van der Waals surface area contributed by atoms with E-state index in [-0.39, 0.29) is 11.6 Å². The average Bonchev–Trinajstić information content (AvgIpc) is 2.46. The van der Waals surface area contributed by atoms with Gasteiger partial charge < -0.3 is 4.42 Å². The van der Waals surface area contributed by atoms with Crippen molar-refractivity contribution in [3.05, 3.63) is 68.0 Å². The Labute approximate surface area is 122 Å². The van der Waals surface area contributed by atoms with Crippen LogP contribution in [0, 0.1) is 10.1 Å². The zero-order valence-electron chi connectivity index (χ0n) is 10.4. The van der Waals surface area contributed by atoms with Crippen molar-refractivity contribution in [2.45, 2.75) is 0 Å². The molecule has 0 saturated carbocycles. The largest absolute Gasteiger partial charge is 0.403 e. The van der Waals surface area contributed by atoms with Crippen LogP contribution in [0.3, 0.4) is 0 Å². The van der Waals surface area contributed by atoms with Crippen molar-refractivity contribution in [1.29, 1.82) is 0 Å². The van der Waals surface area contributed by atoms with Crippen LogP contribution in [0.25, 0.3) is 22.4 Å². The molecule has 104 valence electrons. The van der Waals surface area contributed by atoms with Gasteiger partial charge in [-0.1, -0.05) is 17.7 Å². The molecule has 3 aromatic rings. The highest BCUT2D eigenvalue weighted by atomic mass is 35.5. The third kappa shape index (κ3) is 2.48. The Morgan fingerprint density at radius 1 is 1.19 bits per heavy atom. The number of nitro groups is 1. The van der Waals surface area contributed by atoms with E-state index in [1.807, 2.05) is 0 Å². The van der Waals surface area contributed by atoms with E-state index in [1.54, 1.807) is 12.1 Å². The number of halogens is 1. The molecule has 0 fully saturated rings. The number of benzene rings is 2. The number of non-ortho nitro benzene ring substituents is 1. The molecule has 1 aromatic heterocycles. The van der Waals surface area contributed by atoms with E-state index in [9.17, 15) is 14.9 Å². The van der Waals surface area contributed by atoms with Crippen LogP contribution < -0.4 is 5.63 Å². The highest BCUT2D eigenvalue weighted by Gasteiger charge is 2.12. The number of nitro benzene ring substituents is 1. The first-order valence-electron chi connectivity index (χ1n) is 5.90. The highest BCUT2D eigenvalue weighted by molar-refractivity contribution is 6.31. The van der Waals surface area contributed by atoms with Crippen LogP contribution in [0.2, 0.25) is 5.02 Å². The number of rotatable bonds is 2. The number of fused-ring (bicyclic) bond motifs is 1. The maximum atomic E-state index is 11.9. The molecule has 0 aliphatic carbocycles. The highest BCUT2D eigenvalue weighted by Crippen LogP contribution is 2.23. The fourth-order valence-electron chi connectivity index (χ4n) is 1.92. The van der Waals surface area contributed by atoms with Crippen LogP contribution in [0.15, 0.2) is 51.7 Å². The molecule has 0 unspecified atom stereocenters. The van der Waals surface area contributed by atoms with Crippen LogP contribution in [0.5, 0.6) is 0 Å². The van der Waals surface area contributed by atoms with Gasteiger partial charge >= 0.3 is 5.63 Å². The van der Waals surface area contributed by atoms with Crippen molar-refractivity contribution in [3.63, 3.8) is 0 Å². The normalized spacial score (nSPS) is 10.7. The minimum absolute atomic E-state index is 0.0125. The van der Waals surface area contributed by atoms with Gasteiger partial charge in [0.2, 0.25) is 5.89 Å². The Bertz CT molecular complexity index is 920. The first-order chi connectivity index (χ1) is 10.0. The van der Waals surface area contributed by atoms with Gasteiger partial charge in [-0.2, -0.15) is 0 Å². The second-order valence-electron chi connectivity index (χ2n) is 4.28. The number of nitrogens with zero attached hydrogens (tertiary/aromatic N) is 2. The molecule has 1 heterocycles. The van der Waals surface area contributed by atoms with Crippen LogP contribution in [-0.2, 0) is 0 Å². The lowest BCUT2D eigenvalue weighted by atomic mass is 10.2. The third-order valence-corrected chi connectivity index (χ3v) is 3.13. The molecule has 0 saturated heterocycles. The van der Waals surface area contributed by atoms with Crippen molar-refractivity contribution >= 4 is 28.2 Å². The molecule has 0 atom stereocenters. The second-order valence-corrected chi connectivity index (χ2v) is 4.71. The molecule has 21 heavy (non-hydrogen) atoms. The van der Waals surface area contributed by atoms with Crippen LogP contribution >= 0.6 is 11.6 Å². The summed E-state index contributed by atoms with van der Waals surface area (Å²) in [5.41, 5.74) is 0.0461. The fourth-order valence-corrected chi connectivity index (χ4v) is 2.09. The summed E-state index contributed by atoms with van der Waals surface area (Å²) in [5.74, 6) is 0.0125. The van der Waals surface area contributed by atoms with E-state index in [2.05, 4.69) is 4.98 Å². The lowest BCUT2D eigenvalue weighted by molar-refractivity contribution is -0.384. The van der Waals surface area contributed by atoms with Crippen LogP contribution in [-0.4, -0.2) is 9.91 Å². The predicted molar refractivity (Wildman–Crippen MR) is 77.4 cm³/mol. The molecule has 3 rings (SSSR count). The van der Waals surface area contributed by atoms with Crippen molar-refractivity contribution in [1.82, 2.24) is 4.98 Å². The summed E-state index contributed by atoms with van der Waals surface area (Å²) in [5, 5.41) is 11.5.